The summed E-state index contributed by atoms with van der Waals surface area (Å²) < 4.78 is 11.4. The lowest BCUT2D eigenvalue weighted by molar-refractivity contribution is -0.127. The van der Waals surface area contributed by atoms with E-state index in [1.165, 1.54) is 0 Å². The average molecular weight is 902 g/mol. The van der Waals surface area contributed by atoms with Gasteiger partial charge in [-0.1, -0.05) is 71.7 Å². The Balaban J connectivity index is 0.000000191. The van der Waals surface area contributed by atoms with Crippen LogP contribution < -0.4 is 20.1 Å². The van der Waals surface area contributed by atoms with Crippen LogP contribution in [0.3, 0.4) is 0 Å². The van der Waals surface area contributed by atoms with Crippen LogP contribution in [0.1, 0.15) is 60.3 Å². The molecule has 0 bridgehead atoms. The van der Waals surface area contributed by atoms with Crippen molar-refractivity contribution in [3.63, 3.8) is 0 Å². The Morgan fingerprint density at radius 1 is 0.516 bits per heavy atom. The van der Waals surface area contributed by atoms with Gasteiger partial charge >= 0.3 is 0 Å². The number of rotatable bonds is 16. The monoisotopic (exact) mass is 900 g/mol. The van der Waals surface area contributed by atoms with E-state index in [4.69, 9.17) is 32.7 Å². The molecule has 0 radical (unpaired) electrons. The van der Waals surface area contributed by atoms with Crippen molar-refractivity contribution in [2.75, 3.05) is 52.5 Å². The predicted molar refractivity (Wildman–Crippen MR) is 249 cm³/mol. The number of hydrogen-bond donors (Lipinski definition) is 2. The van der Waals surface area contributed by atoms with Crippen molar-refractivity contribution in [3.05, 3.63) is 179 Å². The smallest absolute Gasteiger partial charge is 0.224 e. The van der Waals surface area contributed by atoms with Crippen LogP contribution in [0.2, 0.25) is 10.0 Å². The quantitative estimate of drug-likeness (QED) is 0.0979. The lowest BCUT2D eigenvalue weighted by Gasteiger charge is -2.32. The molecule has 2 fully saturated rings. The van der Waals surface area contributed by atoms with Crippen molar-refractivity contribution in [1.82, 2.24) is 40.4 Å². The standard InChI is InChI=1S/2C25H27ClN4O2/c2*26-21-9-7-19(8-10-21)24(22-5-1-3-13-27-22)29-25(31)20-11-15-30(16-12-20)17-18-32-23-6-2-4-14-28-23/h2*1-10,13-14,20,24H,11-12,15-18H2,(H,29,31). The first kappa shape index (κ1) is 46.1. The third kappa shape index (κ3) is 14.0. The maximum atomic E-state index is 13.1. The molecule has 2 aliphatic heterocycles. The van der Waals surface area contributed by atoms with Crippen LogP contribution in [0, 0.1) is 11.8 Å². The number of hydrogen-bond acceptors (Lipinski definition) is 10. The highest BCUT2D eigenvalue weighted by atomic mass is 35.5. The zero-order valence-electron chi connectivity index (χ0n) is 35.7. The molecule has 12 nitrogen and oxygen atoms in total. The van der Waals surface area contributed by atoms with Gasteiger partial charge in [0.25, 0.3) is 0 Å². The zero-order valence-corrected chi connectivity index (χ0v) is 37.2. The van der Waals surface area contributed by atoms with Gasteiger partial charge in [-0.3, -0.25) is 29.4 Å². The molecule has 0 spiro atoms. The summed E-state index contributed by atoms with van der Waals surface area (Å²) in [5.74, 6) is 1.40. The van der Waals surface area contributed by atoms with E-state index in [0.29, 0.717) is 35.0 Å². The van der Waals surface area contributed by atoms with Crippen LogP contribution in [0.5, 0.6) is 11.8 Å². The molecule has 0 aliphatic carbocycles. The van der Waals surface area contributed by atoms with Crippen LogP contribution in [-0.2, 0) is 9.59 Å². The Bertz CT molecular complexity index is 2120. The summed E-state index contributed by atoms with van der Waals surface area (Å²) in [6.07, 6.45) is 10.2. The van der Waals surface area contributed by atoms with Gasteiger partial charge in [-0.15, -0.1) is 0 Å². The van der Waals surface area contributed by atoms with E-state index in [9.17, 15) is 9.59 Å². The molecule has 4 aromatic heterocycles. The number of aromatic nitrogens is 4. The number of nitrogens with one attached hydrogen (secondary N) is 2. The van der Waals surface area contributed by atoms with E-state index < -0.39 is 0 Å². The number of amides is 2. The van der Waals surface area contributed by atoms with E-state index in [1.807, 2.05) is 121 Å². The minimum absolute atomic E-state index is 0.0125. The molecule has 332 valence electrons. The first-order valence-electron chi connectivity index (χ1n) is 21.8. The van der Waals surface area contributed by atoms with Crippen molar-refractivity contribution in [2.45, 2.75) is 37.8 Å². The van der Waals surface area contributed by atoms with Gasteiger partial charge in [-0.2, -0.15) is 0 Å². The third-order valence-electron chi connectivity index (χ3n) is 11.5. The van der Waals surface area contributed by atoms with E-state index in [1.54, 1.807) is 24.8 Å². The molecule has 0 saturated carbocycles. The first-order chi connectivity index (χ1) is 31.4. The fraction of sp³-hybridized carbons (Fsp3) is 0.320. The zero-order chi connectivity index (χ0) is 44.4. The molecule has 2 aromatic carbocycles. The summed E-state index contributed by atoms with van der Waals surface area (Å²) >= 11 is 12.1. The summed E-state index contributed by atoms with van der Waals surface area (Å²) in [5, 5.41) is 7.78. The fourth-order valence-corrected chi connectivity index (χ4v) is 8.09. The fourth-order valence-electron chi connectivity index (χ4n) is 7.84. The maximum Gasteiger partial charge on any atom is 0.224 e. The summed E-state index contributed by atoms with van der Waals surface area (Å²) in [5.41, 5.74) is 3.55. The number of halogens is 2. The molecular weight excluding hydrogens is 848 g/mol. The van der Waals surface area contributed by atoms with Gasteiger partial charge in [0.05, 0.1) is 23.5 Å². The van der Waals surface area contributed by atoms with E-state index >= 15 is 0 Å². The average Bonchev–Trinajstić information content (AvgIpc) is 3.35. The Kier molecular flexibility index (Phi) is 17.4. The topological polar surface area (TPSA) is 135 Å². The molecule has 2 atom stereocenters. The SMILES string of the molecule is O=C(NC(c1ccc(Cl)cc1)c1ccccn1)C1CCN(CCOc2ccccn2)CC1.O=C(NC(c1ccc(Cl)cc1)c1ccccn1)C1CCN(CCOc2ccccn2)CC1. The van der Waals surface area contributed by atoms with Crippen molar-refractivity contribution in [2.24, 2.45) is 11.8 Å². The van der Waals surface area contributed by atoms with Crippen molar-refractivity contribution in [3.8, 4) is 11.8 Å². The Morgan fingerprint density at radius 2 is 0.875 bits per heavy atom. The van der Waals surface area contributed by atoms with E-state index in [2.05, 4.69) is 40.4 Å². The molecule has 2 N–H and O–H groups in total. The Morgan fingerprint density at radius 3 is 1.20 bits per heavy atom. The predicted octanol–water partition coefficient (Wildman–Crippen LogP) is 8.25. The van der Waals surface area contributed by atoms with Gasteiger partial charge in [0, 0.05) is 71.9 Å². The molecule has 2 saturated heterocycles. The van der Waals surface area contributed by atoms with Crippen LogP contribution >= 0.6 is 23.2 Å². The molecule has 2 aliphatic rings. The molecule has 2 unspecified atom stereocenters. The molecule has 2 amide bonds. The number of likely N-dealkylation sites (tertiary alicyclic amines) is 2. The maximum absolute atomic E-state index is 13.1. The molecular formula is C50H54Cl2N8O4. The van der Waals surface area contributed by atoms with Crippen molar-refractivity contribution < 1.29 is 19.1 Å². The minimum atomic E-state index is -0.300. The highest BCUT2D eigenvalue weighted by molar-refractivity contribution is 6.30. The van der Waals surface area contributed by atoms with Gasteiger partial charge in [0.1, 0.15) is 13.2 Å². The highest BCUT2D eigenvalue weighted by Crippen LogP contribution is 2.27. The largest absolute Gasteiger partial charge is 0.476 e. The molecule has 6 aromatic rings. The molecule has 14 heteroatoms. The van der Waals surface area contributed by atoms with Gasteiger partial charge in [0.15, 0.2) is 0 Å². The number of ether oxygens (including phenoxy) is 2. The van der Waals surface area contributed by atoms with Crippen LogP contribution in [0.15, 0.2) is 146 Å². The number of carbonyl (C=O) groups is 2. The van der Waals surface area contributed by atoms with E-state index in [-0.39, 0.29) is 35.7 Å². The third-order valence-corrected chi connectivity index (χ3v) is 12.0. The summed E-state index contributed by atoms with van der Waals surface area (Å²) in [7, 11) is 0. The Labute approximate surface area is 385 Å². The normalized spacial score (nSPS) is 15.8. The van der Waals surface area contributed by atoms with Gasteiger partial charge in [0.2, 0.25) is 23.6 Å². The second-order valence-electron chi connectivity index (χ2n) is 15.8. The molecule has 64 heavy (non-hydrogen) atoms. The Hall–Kier alpha value is -5.92. The lowest BCUT2D eigenvalue weighted by Crippen LogP contribution is -2.43. The van der Waals surface area contributed by atoms with Crippen molar-refractivity contribution >= 4 is 35.0 Å². The second-order valence-corrected chi connectivity index (χ2v) is 16.6. The molecule has 8 rings (SSSR count). The van der Waals surface area contributed by atoms with Crippen LogP contribution in [-0.4, -0.2) is 94.0 Å². The number of piperidine rings is 2. The van der Waals surface area contributed by atoms with Gasteiger partial charge in [-0.05, 0) is 124 Å². The summed E-state index contributed by atoms with van der Waals surface area (Å²) in [6, 6.07) is 37.3. The van der Waals surface area contributed by atoms with Crippen molar-refractivity contribution in [1.29, 1.82) is 0 Å². The van der Waals surface area contributed by atoms with Crippen LogP contribution in [0.25, 0.3) is 0 Å². The van der Waals surface area contributed by atoms with E-state index in [0.717, 1.165) is 87.5 Å². The van der Waals surface area contributed by atoms with Gasteiger partial charge < -0.3 is 20.1 Å². The number of nitrogens with zero attached hydrogens (tertiary/aromatic N) is 6. The number of carbonyl (C=O) groups excluding carboxylic acids is 2. The van der Waals surface area contributed by atoms with Crippen LogP contribution in [0.4, 0.5) is 0 Å². The van der Waals surface area contributed by atoms with Gasteiger partial charge in [-0.25, -0.2) is 9.97 Å². The lowest BCUT2D eigenvalue weighted by atomic mass is 9.94. The summed E-state index contributed by atoms with van der Waals surface area (Å²) in [6.45, 7) is 6.33. The molecule has 6 heterocycles. The second kappa shape index (κ2) is 24.2. The minimum Gasteiger partial charge on any atom is -0.476 e. The number of benzene rings is 2. The summed E-state index contributed by atoms with van der Waals surface area (Å²) in [4.78, 5) is 48.2. The first-order valence-corrected chi connectivity index (χ1v) is 22.6. The highest BCUT2D eigenvalue weighted by Gasteiger charge is 2.29. The number of pyridine rings is 4.